The fraction of sp³-hybridized carbons (Fsp3) is 0.333. The van der Waals surface area contributed by atoms with Crippen molar-refractivity contribution in [1.82, 2.24) is 24.8 Å². The van der Waals surface area contributed by atoms with Gasteiger partial charge in [-0.3, -0.25) is 24.2 Å². The smallest absolute Gasteiger partial charge is 0.339 e. The first kappa shape index (κ1) is 39.0. The van der Waals surface area contributed by atoms with Crippen molar-refractivity contribution in [2.24, 2.45) is 5.92 Å². The number of benzene rings is 1. The number of pyridine rings is 1. The Labute approximate surface area is 306 Å². The molecule has 6 bridgehead atoms. The van der Waals surface area contributed by atoms with Crippen molar-refractivity contribution in [3.63, 3.8) is 0 Å². The highest BCUT2D eigenvalue weighted by Gasteiger charge is 2.54. The first-order chi connectivity index (χ1) is 25.0. The highest BCUT2D eigenvalue weighted by molar-refractivity contribution is 7.11. The van der Waals surface area contributed by atoms with Gasteiger partial charge in [-0.1, -0.05) is 11.6 Å². The van der Waals surface area contributed by atoms with Crippen molar-refractivity contribution in [2.75, 3.05) is 29.0 Å². The Morgan fingerprint density at radius 3 is 2.26 bits per heavy atom. The Kier molecular flexibility index (Phi) is 12.0. The van der Waals surface area contributed by atoms with Gasteiger partial charge in [0.25, 0.3) is 5.91 Å². The van der Waals surface area contributed by atoms with E-state index in [4.69, 9.17) is 11.6 Å². The highest BCUT2D eigenvalue weighted by Crippen LogP contribution is 2.31. The van der Waals surface area contributed by atoms with Crippen LogP contribution in [0, 0.1) is 12.8 Å². The highest BCUT2D eigenvalue weighted by atomic mass is 35.5. The summed E-state index contributed by atoms with van der Waals surface area (Å²) in [6.45, 7) is 3.16. The van der Waals surface area contributed by atoms with Gasteiger partial charge in [0.2, 0.25) is 11.9 Å². The zero-order valence-corrected chi connectivity index (χ0v) is 29.1. The molecule has 280 valence electrons. The molecule has 1 saturated heterocycles. The normalized spacial score (nSPS) is 14.5. The molecule has 0 radical (unpaired) electrons. The van der Waals surface area contributed by atoms with E-state index < -0.39 is 23.9 Å². The molecule has 0 spiro atoms. The number of fused-ring (bicyclic) bond motifs is 6. The Balaban J connectivity index is 0.000000390. The molecule has 1 aromatic carbocycles. The molecule has 0 aliphatic carbocycles. The number of halogens is 7. The van der Waals surface area contributed by atoms with Gasteiger partial charge >= 0.3 is 23.9 Å². The molecule has 6 rings (SSSR count). The number of rotatable bonds is 5. The molecule has 4 aromatic rings. The molecule has 0 atom stereocenters. The summed E-state index contributed by atoms with van der Waals surface area (Å²) >= 11 is 7.76. The summed E-state index contributed by atoms with van der Waals surface area (Å²) in [6.07, 6.45) is -2.99. The molecule has 2 amide bonds. The third kappa shape index (κ3) is 10.2. The van der Waals surface area contributed by atoms with E-state index in [0.29, 0.717) is 47.6 Å². The Morgan fingerprint density at radius 2 is 1.62 bits per heavy atom. The number of carbonyl (C=O) groups excluding carboxylic acids is 4. The van der Waals surface area contributed by atoms with E-state index in [9.17, 15) is 45.5 Å². The van der Waals surface area contributed by atoms with Crippen molar-refractivity contribution >= 4 is 75.1 Å². The van der Waals surface area contributed by atoms with Gasteiger partial charge < -0.3 is 20.9 Å². The molecule has 5 heterocycles. The van der Waals surface area contributed by atoms with Gasteiger partial charge in [0.1, 0.15) is 9.90 Å². The average Bonchev–Trinajstić information content (AvgIpc) is 3.54. The molecular formula is C33H29ClF6N8O4S. The number of aromatic nitrogens is 4. The second-order valence-electron chi connectivity index (χ2n) is 12.0. The van der Waals surface area contributed by atoms with Crippen LogP contribution in [0.1, 0.15) is 45.8 Å². The maximum Gasteiger partial charge on any atom is 0.458 e. The lowest BCUT2D eigenvalue weighted by Crippen LogP contribution is -2.39. The minimum atomic E-state index is -5.77. The number of hydrogen-bond donors (Lipinski definition) is 3. The molecule has 20 heteroatoms. The molecule has 2 aliphatic heterocycles. The van der Waals surface area contributed by atoms with E-state index in [-0.39, 0.29) is 17.7 Å². The van der Waals surface area contributed by atoms with Gasteiger partial charge in [-0.25, -0.2) is 9.97 Å². The van der Waals surface area contributed by atoms with Crippen molar-refractivity contribution in [1.29, 1.82) is 0 Å². The van der Waals surface area contributed by atoms with Gasteiger partial charge in [0.15, 0.2) is 5.82 Å². The van der Waals surface area contributed by atoms with Crippen LogP contribution in [0.3, 0.4) is 0 Å². The summed E-state index contributed by atoms with van der Waals surface area (Å²) in [4.78, 5) is 65.2. The quantitative estimate of drug-likeness (QED) is 0.142. The number of amides is 2. The number of ketones is 2. The molecule has 0 unspecified atom stereocenters. The maximum absolute atomic E-state index is 13.2. The van der Waals surface area contributed by atoms with E-state index in [1.54, 1.807) is 17.9 Å². The summed E-state index contributed by atoms with van der Waals surface area (Å²) in [5.41, 5.74) is 6.89. The predicted molar refractivity (Wildman–Crippen MR) is 183 cm³/mol. The number of nitrogens with zero attached hydrogens (tertiary/aromatic N) is 5. The lowest BCUT2D eigenvalue weighted by atomic mass is 9.93. The van der Waals surface area contributed by atoms with Crippen LogP contribution < -0.4 is 16.0 Å². The minimum absolute atomic E-state index is 0.0238. The fourth-order valence-corrected chi connectivity index (χ4v) is 6.37. The van der Waals surface area contributed by atoms with E-state index in [2.05, 4.69) is 35.9 Å². The number of thiazole rings is 1. The Bertz CT molecular complexity index is 1990. The standard InChI is InChI=1S/C29H29ClN8O2S.C4F6O2/c1-17-26(41-16-33-17)28(40)38-8-6-18(7-9-38)11-25(39)36-24-5-4-21-12-20(24)3-2-19-10-22(14-31-13-19)35-29-32-15-23(30)27(34-21)37-29;5-3(6,7)1(11)2(12)4(8,9)10/h4-5,10,12-16,18H,2-3,6-9,11H2,1H3,(H,36,39)(H2,32,34,35,37);. The largest absolute Gasteiger partial charge is 0.458 e. The van der Waals surface area contributed by atoms with Crippen LogP contribution in [-0.2, 0) is 27.2 Å². The van der Waals surface area contributed by atoms with Crippen LogP contribution >= 0.6 is 22.9 Å². The SMILES string of the molecule is Cc1ncsc1C(=O)N1CCC(CC(=O)Nc2ccc3cc2CCc2cncc(c2)Nc2ncc(Cl)c(n2)N3)CC1.O=C(C(=O)C(F)(F)F)C(F)(F)F. The molecule has 0 saturated carbocycles. The van der Waals surface area contributed by atoms with Crippen LogP contribution in [0.2, 0.25) is 5.02 Å². The number of anilines is 5. The first-order valence-electron chi connectivity index (χ1n) is 15.8. The zero-order valence-electron chi connectivity index (χ0n) is 27.6. The van der Waals surface area contributed by atoms with Crippen LogP contribution in [0.25, 0.3) is 0 Å². The predicted octanol–water partition coefficient (Wildman–Crippen LogP) is 7.01. The number of piperidine rings is 1. The van der Waals surface area contributed by atoms with Crippen molar-refractivity contribution in [3.8, 4) is 0 Å². The molecule has 53 heavy (non-hydrogen) atoms. The van der Waals surface area contributed by atoms with Gasteiger partial charge in [-0.2, -0.15) is 31.3 Å². The molecule has 1 fully saturated rings. The summed E-state index contributed by atoms with van der Waals surface area (Å²) in [5.74, 6) is -5.69. The number of likely N-dealkylation sites (tertiary alicyclic amines) is 1. The topological polar surface area (TPSA) is 159 Å². The van der Waals surface area contributed by atoms with Gasteiger partial charge in [-0.15, -0.1) is 11.3 Å². The molecule has 2 aliphatic rings. The first-order valence-corrected chi connectivity index (χ1v) is 17.1. The lowest BCUT2D eigenvalue weighted by Gasteiger charge is -2.31. The number of alkyl halides is 6. The number of aryl methyl sites for hydroxylation is 3. The monoisotopic (exact) mass is 782 g/mol. The van der Waals surface area contributed by atoms with Crippen molar-refractivity contribution in [2.45, 2.75) is 51.4 Å². The summed E-state index contributed by atoms with van der Waals surface area (Å²) in [6, 6.07) is 7.85. The maximum atomic E-state index is 13.2. The minimum Gasteiger partial charge on any atom is -0.339 e. The summed E-state index contributed by atoms with van der Waals surface area (Å²) < 4.78 is 67.0. The summed E-state index contributed by atoms with van der Waals surface area (Å²) in [7, 11) is 0. The van der Waals surface area contributed by atoms with E-state index in [1.807, 2.05) is 42.3 Å². The number of nitrogens with one attached hydrogen (secondary N) is 3. The van der Waals surface area contributed by atoms with Crippen molar-refractivity contribution in [3.05, 3.63) is 75.1 Å². The van der Waals surface area contributed by atoms with E-state index in [0.717, 1.165) is 53.1 Å². The van der Waals surface area contributed by atoms with Gasteiger partial charge in [-0.05, 0) is 73.9 Å². The second kappa shape index (κ2) is 16.2. The molecule has 3 aromatic heterocycles. The summed E-state index contributed by atoms with van der Waals surface area (Å²) in [5, 5.41) is 10.0. The number of hydrogen-bond acceptors (Lipinski definition) is 11. The number of carbonyl (C=O) groups is 4. The molecular weight excluding hydrogens is 754 g/mol. The second-order valence-corrected chi connectivity index (χ2v) is 13.3. The van der Waals surface area contributed by atoms with Crippen LogP contribution in [-0.4, -0.2) is 73.7 Å². The van der Waals surface area contributed by atoms with Gasteiger partial charge in [0.05, 0.1) is 29.3 Å². The zero-order chi connectivity index (χ0) is 38.5. The Hall–Kier alpha value is -5.17. The Morgan fingerprint density at radius 1 is 0.925 bits per heavy atom. The number of Topliss-reactive ketones (excluding diaryl/α,β-unsaturated/α-hetero) is 2. The molecule has 3 N–H and O–H groups in total. The third-order valence-electron chi connectivity index (χ3n) is 8.16. The average molecular weight is 783 g/mol. The van der Waals surface area contributed by atoms with Crippen LogP contribution in [0.15, 0.2) is 48.4 Å². The van der Waals surface area contributed by atoms with Crippen LogP contribution in [0.4, 0.5) is 55.2 Å². The van der Waals surface area contributed by atoms with Gasteiger partial charge in [0, 0.05) is 37.1 Å². The fourth-order valence-electron chi connectivity index (χ4n) is 5.46. The molecule has 12 nitrogen and oxygen atoms in total. The van der Waals surface area contributed by atoms with E-state index >= 15 is 0 Å². The van der Waals surface area contributed by atoms with E-state index in [1.165, 1.54) is 11.3 Å². The van der Waals surface area contributed by atoms with Crippen LogP contribution in [0.5, 0.6) is 0 Å². The van der Waals surface area contributed by atoms with Crippen molar-refractivity contribution < 1.29 is 45.5 Å². The third-order valence-corrected chi connectivity index (χ3v) is 9.35. The lowest BCUT2D eigenvalue weighted by molar-refractivity contribution is -0.193.